The Kier molecular flexibility index (Phi) is 7.74. The summed E-state index contributed by atoms with van der Waals surface area (Å²) < 4.78 is 11.6. The number of hydrogen-bond acceptors (Lipinski definition) is 2. The molecule has 0 spiro atoms. The molecule has 0 saturated carbocycles. The van der Waals surface area contributed by atoms with Crippen molar-refractivity contribution >= 4 is 14.5 Å². The first kappa shape index (κ1) is 13.5. The molecule has 1 aliphatic rings. The average Bonchev–Trinajstić information content (AvgIpc) is 2.28. The summed E-state index contributed by atoms with van der Waals surface area (Å²) in [4.78, 5) is 0. The van der Waals surface area contributed by atoms with E-state index in [1.165, 1.54) is 36.2 Å². The van der Waals surface area contributed by atoms with Gasteiger partial charge in [0.25, 0.3) is 0 Å². The zero-order valence-corrected chi connectivity index (χ0v) is 11.5. The van der Waals surface area contributed by atoms with Crippen molar-refractivity contribution in [3.8, 4) is 0 Å². The summed E-state index contributed by atoms with van der Waals surface area (Å²) in [5.41, 5.74) is 0. The molecule has 0 radical (unpaired) electrons. The molecule has 0 aromatic carbocycles. The first-order valence-electron chi connectivity index (χ1n) is 6.56. The molecule has 15 heavy (non-hydrogen) atoms. The van der Waals surface area contributed by atoms with Gasteiger partial charge in [0, 0.05) is 19.1 Å². The molecule has 88 valence electrons. The van der Waals surface area contributed by atoms with Crippen molar-refractivity contribution in [3.63, 3.8) is 0 Å². The van der Waals surface area contributed by atoms with Gasteiger partial charge in [-0.3, -0.25) is 0 Å². The van der Waals surface area contributed by atoms with E-state index < -0.39 is 14.5 Å². The van der Waals surface area contributed by atoms with Gasteiger partial charge in [-0.05, 0) is 12.8 Å². The van der Waals surface area contributed by atoms with E-state index in [4.69, 9.17) is 8.53 Å². The second-order valence-electron chi connectivity index (χ2n) is 4.62. The third-order valence-electron chi connectivity index (χ3n) is 3.04. The van der Waals surface area contributed by atoms with E-state index in [1.807, 2.05) is 0 Å². The standard InChI is InChI=1S/C6H11O2.2C3H7.Al/c7-4-6-2-1-3-8-5-6;2*1-3-2;/h6H,1-5H2;2*1,3H2,2H3;/q-1;;;+1. The van der Waals surface area contributed by atoms with E-state index in [9.17, 15) is 0 Å². The van der Waals surface area contributed by atoms with Crippen LogP contribution in [0.1, 0.15) is 39.5 Å². The molecule has 1 heterocycles. The molecule has 1 atom stereocenters. The lowest BCUT2D eigenvalue weighted by Gasteiger charge is -2.24. The van der Waals surface area contributed by atoms with Crippen molar-refractivity contribution in [2.75, 3.05) is 19.8 Å². The molecule has 3 heteroatoms. The Morgan fingerprint density at radius 2 is 2.00 bits per heavy atom. The van der Waals surface area contributed by atoms with Crippen molar-refractivity contribution in [2.24, 2.45) is 5.92 Å². The normalized spacial score (nSPS) is 21.6. The Hall–Kier alpha value is 0.452. The van der Waals surface area contributed by atoms with Gasteiger partial charge in [0.1, 0.15) is 0 Å². The predicted octanol–water partition coefficient (Wildman–Crippen LogP) is 3.24. The summed E-state index contributed by atoms with van der Waals surface area (Å²) in [6, 6.07) is 0. The quantitative estimate of drug-likeness (QED) is 0.623. The first-order chi connectivity index (χ1) is 7.36. The van der Waals surface area contributed by atoms with Gasteiger partial charge in [0.2, 0.25) is 0 Å². The van der Waals surface area contributed by atoms with Gasteiger partial charge >= 0.3 is 14.5 Å². The van der Waals surface area contributed by atoms with E-state index in [1.54, 1.807) is 0 Å². The fraction of sp³-hybridized carbons (Fsp3) is 1.00. The second-order valence-corrected chi connectivity index (χ2v) is 7.35. The Morgan fingerprint density at radius 3 is 2.53 bits per heavy atom. The second kappa shape index (κ2) is 8.59. The summed E-state index contributed by atoms with van der Waals surface area (Å²) in [5.74, 6) is 0.683. The van der Waals surface area contributed by atoms with Crippen LogP contribution in [-0.4, -0.2) is 34.3 Å². The fourth-order valence-electron chi connectivity index (χ4n) is 2.17. The van der Waals surface area contributed by atoms with Crippen molar-refractivity contribution < 1.29 is 8.53 Å². The molecule has 0 amide bonds. The fourth-order valence-corrected chi connectivity index (χ4v) is 4.62. The van der Waals surface area contributed by atoms with Gasteiger partial charge in [0.05, 0.1) is 6.61 Å². The smallest absolute Gasteiger partial charge is 0.460 e. The maximum absolute atomic E-state index is 6.12. The van der Waals surface area contributed by atoms with Gasteiger partial charge in [-0.15, -0.1) is 0 Å². The highest BCUT2D eigenvalue weighted by Crippen LogP contribution is 2.16. The highest BCUT2D eigenvalue weighted by atomic mass is 27.2. The lowest BCUT2D eigenvalue weighted by molar-refractivity contribution is 0.0345. The van der Waals surface area contributed by atoms with Gasteiger partial charge in [0.15, 0.2) is 0 Å². The van der Waals surface area contributed by atoms with Crippen LogP contribution in [0.25, 0.3) is 0 Å². The predicted molar refractivity (Wildman–Crippen MR) is 65.4 cm³/mol. The third kappa shape index (κ3) is 5.92. The van der Waals surface area contributed by atoms with Gasteiger partial charge < -0.3 is 8.53 Å². The monoisotopic (exact) mass is 228 g/mol. The molecule has 0 aromatic rings. The Morgan fingerprint density at radius 1 is 1.27 bits per heavy atom. The molecule has 1 rings (SSSR count). The number of ether oxygens (including phenoxy) is 1. The van der Waals surface area contributed by atoms with Crippen molar-refractivity contribution in [3.05, 3.63) is 0 Å². The van der Waals surface area contributed by atoms with Crippen LogP contribution in [0.3, 0.4) is 0 Å². The zero-order chi connectivity index (χ0) is 10.9. The zero-order valence-electron chi connectivity index (χ0n) is 10.3. The van der Waals surface area contributed by atoms with Crippen LogP contribution in [0, 0.1) is 5.92 Å². The van der Waals surface area contributed by atoms with Crippen LogP contribution >= 0.6 is 0 Å². The summed E-state index contributed by atoms with van der Waals surface area (Å²) in [7, 11) is 0. The summed E-state index contributed by atoms with van der Waals surface area (Å²) in [6.45, 7) is 7.39. The first-order valence-corrected chi connectivity index (χ1v) is 8.66. The van der Waals surface area contributed by atoms with Crippen LogP contribution in [-0.2, 0) is 8.53 Å². The topological polar surface area (TPSA) is 18.5 Å². The van der Waals surface area contributed by atoms with Crippen LogP contribution in [0.15, 0.2) is 0 Å². The van der Waals surface area contributed by atoms with Gasteiger partial charge in [-0.1, -0.05) is 37.3 Å². The average molecular weight is 228 g/mol. The van der Waals surface area contributed by atoms with Gasteiger partial charge in [-0.2, -0.15) is 0 Å². The molecule has 1 saturated heterocycles. The Balaban J connectivity index is 2.13. The summed E-state index contributed by atoms with van der Waals surface area (Å²) >= 11 is -0.860. The van der Waals surface area contributed by atoms with E-state index in [0.29, 0.717) is 5.92 Å². The van der Waals surface area contributed by atoms with Gasteiger partial charge in [-0.25, -0.2) is 0 Å². The van der Waals surface area contributed by atoms with Crippen LogP contribution in [0.5, 0.6) is 0 Å². The molecular formula is C12H25AlO2. The molecule has 0 N–H and O–H groups in total. The van der Waals surface area contributed by atoms with Crippen LogP contribution in [0.2, 0.25) is 10.6 Å². The lowest BCUT2D eigenvalue weighted by atomic mass is 10.0. The molecular weight excluding hydrogens is 203 g/mol. The molecule has 1 unspecified atom stereocenters. The van der Waals surface area contributed by atoms with Crippen LogP contribution in [0.4, 0.5) is 0 Å². The van der Waals surface area contributed by atoms with Crippen molar-refractivity contribution in [2.45, 2.75) is 50.1 Å². The SMILES string of the molecule is CC[CH2][Al]([CH2]CC)[O]CC1CCCOC1. The van der Waals surface area contributed by atoms with E-state index in [0.717, 1.165) is 19.8 Å². The maximum Gasteiger partial charge on any atom is 0.460 e. The Labute approximate surface area is 99.1 Å². The largest absolute Gasteiger partial charge is 0.500 e. The molecule has 1 fully saturated rings. The maximum atomic E-state index is 6.12. The van der Waals surface area contributed by atoms with E-state index in [2.05, 4.69) is 13.8 Å². The van der Waals surface area contributed by atoms with Crippen molar-refractivity contribution in [1.82, 2.24) is 0 Å². The van der Waals surface area contributed by atoms with Crippen LogP contribution < -0.4 is 0 Å². The minimum Gasteiger partial charge on any atom is -0.500 e. The van der Waals surface area contributed by atoms with Crippen molar-refractivity contribution in [1.29, 1.82) is 0 Å². The van der Waals surface area contributed by atoms with E-state index in [-0.39, 0.29) is 0 Å². The minimum atomic E-state index is -0.860. The van der Waals surface area contributed by atoms with E-state index >= 15 is 0 Å². The molecule has 0 aromatic heterocycles. The summed E-state index contributed by atoms with van der Waals surface area (Å²) in [6.07, 6.45) is 5.11. The Bertz CT molecular complexity index is 141. The third-order valence-corrected chi connectivity index (χ3v) is 6.15. The highest BCUT2D eigenvalue weighted by molar-refractivity contribution is 6.51. The molecule has 2 nitrogen and oxygen atoms in total. The minimum absolute atomic E-state index is 0.683. The molecule has 0 aliphatic carbocycles. The lowest BCUT2D eigenvalue weighted by Crippen LogP contribution is -2.27. The highest BCUT2D eigenvalue weighted by Gasteiger charge is 2.21. The number of hydrogen-bond donors (Lipinski definition) is 0. The molecule has 1 aliphatic heterocycles. The molecule has 0 bridgehead atoms. The number of rotatable bonds is 7. The summed E-state index contributed by atoms with van der Waals surface area (Å²) in [5, 5.41) is 2.70.